The number of hydrogen-bond donors (Lipinski definition) is 1. The zero-order chi connectivity index (χ0) is 13.7. The van der Waals surface area contributed by atoms with Crippen molar-refractivity contribution in [3.05, 3.63) is 0 Å². The number of hydrogen-bond acceptors (Lipinski definition) is 7. The molecule has 1 aliphatic rings. The second-order valence-electron chi connectivity index (χ2n) is 4.08. The van der Waals surface area contributed by atoms with Crippen LogP contribution >= 0.6 is 23.1 Å². The van der Waals surface area contributed by atoms with Crippen LogP contribution in [0, 0.1) is 5.92 Å². The molecule has 1 N–H and O–H groups in total. The smallest absolute Gasteiger partial charge is 0.316 e. The van der Waals surface area contributed by atoms with Crippen molar-refractivity contribution in [2.45, 2.75) is 30.5 Å². The molecule has 0 unspecified atom stereocenters. The monoisotopic (exact) mass is 301 g/mol. The minimum absolute atomic E-state index is 0.0179. The van der Waals surface area contributed by atoms with E-state index in [1.165, 1.54) is 23.1 Å². The Morgan fingerprint density at radius 2 is 2.26 bits per heavy atom. The second kappa shape index (κ2) is 6.85. The largest absolute Gasteiger partial charge is 0.465 e. The summed E-state index contributed by atoms with van der Waals surface area (Å²) in [6.45, 7) is 2.14. The third-order valence-corrected chi connectivity index (χ3v) is 4.68. The van der Waals surface area contributed by atoms with Gasteiger partial charge in [-0.25, -0.2) is 0 Å². The highest BCUT2D eigenvalue weighted by molar-refractivity contribution is 8.01. The highest BCUT2D eigenvalue weighted by Crippen LogP contribution is 2.29. The fraction of sp³-hybridized carbons (Fsp3) is 0.636. The van der Waals surface area contributed by atoms with Crippen molar-refractivity contribution in [2.24, 2.45) is 5.92 Å². The number of thioether (sulfide) groups is 1. The standard InChI is InChI=1S/C11H15N3O3S2/c1-2-17-8(15)6-18-11-14-13-10(19-11)12-9(16)7-4-3-5-7/h7H,2-6H2,1H3,(H,12,13,16). The van der Waals surface area contributed by atoms with Gasteiger partial charge >= 0.3 is 5.97 Å². The Morgan fingerprint density at radius 3 is 2.89 bits per heavy atom. The summed E-state index contributed by atoms with van der Waals surface area (Å²) in [6, 6.07) is 0. The number of anilines is 1. The van der Waals surface area contributed by atoms with Gasteiger partial charge in [-0.3, -0.25) is 9.59 Å². The van der Waals surface area contributed by atoms with E-state index in [1.54, 1.807) is 6.92 Å². The van der Waals surface area contributed by atoms with Crippen LogP contribution < -0.4 is 5.32 Å². The van der Waals surface area contributed by atoms with Gasteiger partial charge in [0.2, 0.25) is 11.0 Å². The van der Waals surface area contributed by atoms with Gasteiger partial charge in [-0.15, -0.1) is 10.2 Å². The Morgan fingerprint density at radius 1 is 1.47 bits per heavy atom. The van der Waals surface area contributed by atoms with Gasteiger partial charge in [-0.1, -0.05) is 29.5 Å². The number of nitrogens with one attached hydrogen (secondary N) is 1. The molecule has 104 valence electrons. The predicted octanol–water partition coefficient (Wildman–Crippen LogP) is 1.93. The zero-order valence-electron chi connectivity index (χ0n) is 10.5. The van der Waals surface area contributed by atoms with Crippen molar-refractivity contribution in [3.8, 4) is 0 Å². The first-order valence-electron chi connectivity index (χ1n) is 6.12. The first-order chi connectivity index (χ1) is 9.19. The molecule has 0 radical (unpaired) electrons. The highest BCUT2D eigenvalue weighted by Gasteiger charge is 2.26. The predicted molar refractivity (Wildman–Crippen MR) is 73.2 cm³/mol. The molecular weight excluding hydrogens is 286 g/mol. The molecule has 0 atom stereocenters. The number of ether oxygens (including phenoxy) is 1. The Labute approximate surface area is 119 Å². The van der Waals surface area contributed by atoms with Crippen LogP contribution in [0.15, 0.2) is 4.34 Å². The summed E-state index contributed by atoms with van der Waals surface area (Å²) in [5.41, 5.74) is 0. The van der Waals surface area contributed by atoms with Gasteiger partial charge in [-0.2, -0.15) is 0 Å². The summed E-state index contributed by atoms with van der Waals surface area (Å²) in [5.74, 6) is 0.0746. The van der Waals surface area contributed by atoms with Crippen LogP contribution in [0.5, 0.6) is 0 Å². The van der Waals surface area contributed by atoms with Gasteiger partial charge in [0, 0.05) is 5.92 Å². The van der Waals surface area contributed by atoms with Crippen molar-refractivity contribution in [2.75, 3.05) is 17.7 Å². The minimum Gasteiger partial charge on any atom is -0.465 e. The summed E-state index contributed by atoms with van der Waals surface area (Å²) in [5, 5.41) is 11.0. The summed E-state index contributed by atoms with van der Waals surface area (Å²) >= 11 is 2.54. The molecule has 0 spiro atoms. The molecule has 1 aliphatic carbocycles. The minimum atomic E-state index is -0.275. The molecule has 0 saturated heterocycles. The Kier molecular flexibility index (Phi) is 5.15. The quantitative estimate of drug-likeness (QED) is 0.491. The Bertz CT molecular complexity index is 460. The SMILES string of the molecule is CCOC(=O)CSc1nnc(NC(=O)C2CCC2)s1. The number of aromatic nitrogens is 2. The van der Waals surface area contributed by atoms with Gasteiger partial charge in [-0.05, 0) is 19.8 Å². The van der Waals surface area contributed by atoms with E-state index >= 15 is 0 Å². The third kappa shape index (κ3) is 4.17. The summed E-state index contributed by atoms with van der Waals surface area (Å²) in [4.78, 5) is 22.9. The van der Waals surface area contributed by atoms with Crippen LogP contribution in [0.2, 0.25) is 0 Å². The molecule has 0 aromatic carbocycles. The number of nitrogens with zero attached hydrogens (tertiary/aromatic N) is 2. The molecule has 19 heavy (non-hydrogen) atoms. The van der Waals surface area contributed by atoms with E-state index in [-0.39, 0.29) is 23.5 Å². The van der Waals surface area contributed by atoms with Crippen molar-refractivity contribution in [3.63, 3.8) is 0 Å². The summed E-state index contributed by atoms with van der Waals surface area (Å²) < 4.78 is 5.47. The third-order valence-electron chi connectivity index (χ3n) is 2.73. The molecule has 1 saturated carbocycles. The van der Waals surface area contributed by atoms with Crippen molar-refractivity contribution in [1.82, 2.24) is 10.2 Å². The van der Waals surface area contributed by atoms with E-state index in [2.05, 4.69) is 15.5 Å². The van der Waals surface area contributed by atoms with Gasteiger partial charge in [0.25, 0.3) is 0 Å². The topological polar surface area (TPSA) is 81.2 Å². The number of rotatable bonds is 6. The number of amides is 1. The fourth-order valence-electron chi connectivity index (χ4n) is 1.52. The molecular formula is C11H15N3O3S2. The molecule has 1 aromatic rings. The summed E-state index contributed by atoms with van der Waals surface area (Å²) in [7, 11) is 0. The molecule has 6 nitrogen and oxygen atoms in total. The maximum atomic E-state index is 11.7. The van der Waals surface area contributed by atoms with Gasteiger partial charge < -0.3 is 10.1 Å². The molecule has 1 aromatic heterocycles. The van der Waals surface area contributed by atoms with Crippen LogP contribution in [0.1, 0.15) is 26.2 Å². The van der Waals surface area contributed by atoms with E-state index in [4.69, 9.17) is 4.74 Å². The number of carbonyl (C=O) groups excluding carboxylic acids is 2. The van der Waals surface area contributed by atoms with E-state index < -0.39 is 0 Å². The highest BCUT2D eigenvalue weighted by atomic mass is 32.2. The van der Waals surface area contributed by atoms with Crippen LogP contribution in [-0.4, -0.2) is 34.4 Å². The number of carbonyl (C=O) groups is 2. The van der Waals surface area contributed by atoms with E-state index in [0.29, 0.717) is 16.1 Å². The van der Waals surface area contributed by atoms with Gasteiger partial charge in [0.1, 0.15) is 0 Å². The van der Waals surface area contributed by atoms with Crippen molar-refractivity contribution in [1.29, 1.82) is 0 Å². The average molecular weight is 301 g/mol. The van der Waals surface area contributed by atoms with E-state index in [0.717, 1.165) is 19.3 Å². The van der Waals surface area contributed by atoms with Crippen molar-refractivity contribution < 1.29 is 14.3 Å². The van der Waals surface area contributed by atoms with Crippen LogP contribution in [-0.2, 0) is 14.3 Å². The van der Waals surface area contributed by atoms with E-state index in [1.807, 2.05) is 0 Å². The molecule has 2 rings (SSSR count). The van der Waals surface area contributed by atoms with Crippen molar-refractivity contribution >= 4 is 40.1 Å². The molecule has 1 fully saturated rings. The summed E-state index contributed by atoms with van der Waals surface area (Å²) in [6.07, 6.45) is 3.03. The van der Waals surface area contributed by atoms with Crippen LogP contribution in [0.3, 0.4) is 0 Å². The van der Waals surface area contributed by atoms with E-state index in [9.17, 15) is 9.59 Å². The molecule has 0 aliphatic heterocycles. The molecule has 8 heteroatoms. The fourth-order valence-corrected chi connectivity index (χ4v) is 3.07. The molecule has 1 amide bonds. The maximum Gasteiger partial charge on any atom is 0.316 e. The van der Waals surface area contributed by atoms with Crippen LogP contribution in [0.25, 0.3) is 0 Å². The average Bonchev–Trinajstić information content (AvgIpc) is 2.72. The molecule has 0 bridgehead atoms. The maximum absolute atomic E-state index is 11.7. The lowest BCUT2D eigenvalue weighted by Crippen LogP contribution is -2.27. The van der Waals surface area contributed by atoms with Gasteiger partial charge in [0.15, 0.2) is 4.34 Å². The zero-order valence-corrected chi connectivity index (χ0v) is 12.2. The normalized spacial score (nSPS) is 14.8. The Balaban J connectivity index is 1.78. The lowest BCUT2D eigenvalue weighted by molar-refractivity contribution is -0.139. The first kappa shape index (κ1) is 14.3. The second-order valence-corrected chi connectivity index (χ2v) is 6.28. The number of esters is 1. The van der Waals surface area contributed by atoms with Gasteiger partial charge in [0.05, 0.1) is 12.4 Å². The Hall–Kier alpha value is -1.15. The lowest BCUT2D eigenvalue weighted by atomic mass is 9.85. The van der Waals surface area contributed by atoms with Crippen LogP contribution in [0.4, 0.5) is 5.13 Å². The molecule has 1 heterocycles. The lowest BCUT2D eigenvalue weighted by Gasteiger charge is -2.23. The first-order valence-corrected chi connectivity index (χ1v) is 7.92.